The van der Waals surface area contributed by atoms with E-state index in [4.69, 9.17) is 10.5 Å². The number of carbonyl (C=O) groups is 2. The minimum Gasteiger partial charge on any atom is -0.468 e. The zero-order chi connectivity index (χ0) is 22.4. The molecule has 0 aliphatic carbocycles. The number of ether oxygens (including phenoxy) is 2. The Kier molecular flexibility index (Phi) is 7.48. The molecule has 0 spiro atoms. The Morgan fingerprint density at radius 2 is 1.90 bits per heavy atom. The summed E-state index contributed by atoms with van der Waals surface area (Å²) in [6.45, 7) is 1.14. The first kappa shape index (κ1) is 23.0. The lowest BCUT2D eigenvalue weighted by atomic mass is 10.3. The number of morpholine rings is 1. The Hall–Kier alpha value is -2.68. The number of nitrogen functional groups attached to an aromatic ring is 1. The molecule has 31 heavy (non-hydrogen) atoms. The van der Waals surface area contributed by atoms with Gasteiger partial charge in [-0.2, -0.15) is 4.31 Å². The number of aromatic nitrogens is 3. The smallest absolute Gasteiger partial charge is 0.316 e. The maximum absolute atomic E-state index is 12.7. The number of hydrogen-bond donors (Lipinski definition) is 2. The average Bonchev–Trinajstić information content (AvgIpc) is 3.12. The second kappa shape index (κ2) is 10.1. The lowest BCUT2D eigenvalue weighted by Crippen LogP contribution is -2.40. The van der Waals surface area contributed by atoms with Crippen LogP contribution in [0, 0.1) is 0 Å². The molecule has 1 saturated heterocycles. The van der Waals surface area contributed by atoms with Crippen LogP contribution in [0.4, 0.5) is 11.6 Å². The molecule has 3 N–H and O–H groups in total. The number of thioether (sulfide) groups is 1. The second-order valence-corrected chi connectivity index (χ2v) is 9.26. The number of rotatable bonds is 8. The van der Waals surface area contributed by atoms with E-state index in [9.17, 15) is 18.0 Å². The summed E-state index contributed by atoms with van der Waals surface area (Å²) < 4.78 is 37.8. The highest BCUT2D eigenvalue weighted by Gasteiger charge is 2.26. The van der Waals surface area contributed by atoms with Crippen LogP contribution in [0.3, 0.4) is 0 Å². The maximum Gasteiger partial charge on any atom is 0.316 e. The van der Waals surface area contributed by atoms with Crippen molar-refractivity contribution >= 4 is 45.3 Å². The number of methoxy groups -OCH3 is 1. The van der Waals surface area contributed by atoms with Crippen LogP contribution in [0.15, 0.2) is 34.3 Å². The van der Waals surface area contributed by atoms with Crippen molar-refractivity contribution < 1.29 is 27.5 Å². The minimum atomic E-state index is -3.61. The fourth-order valence-electron chi connectivity index (χ4n) is 2.73. The van der Waals surface area contributed by atoms with Crippen LogP contribution in [0.5, 0.6) is 0 Å². The normalized spacial score (nSPS) is 14.9. The molecule has 1 aromatic heterocycles. The first-order chi connectivity index (χ1) is 14.8. The third kappa shape index (κ3) is 5.72. The number of nitrogens with two attached hydrogens (primary N) is 1. The summed E-state index contributed by atoms with van der Waals surface area (Å²) in [4.78, 5) is 23.9. The standard InChI is InChI=1S/C17H22N6O6S2/c1-28-15(25)11-30-17-21-20-16(18)23(17)10-14(24)19-12-2-4-13(5-3-12)31(26,27)22-6-8-29-9-7-22/h2-5H,6-11H2,1H3,(H2,18,20)(H,19,24). The second-order valence-electron chi connectivity index (χ2n) is 6.38. The molecule has 3 rings (SSSR count). The number of esters is 1. The minimum absolute atomic E-state index is 0.00463. The monoisotopic (exact) mass is 470 g/mol. The molecular formula is C17H22N6O6S2. The maximum atomic E-state index is 12.7. The van der Waals surface area contributed by atoms with Crippen molar-refractivity contribution in [3.63, 3.8) is 0 Å². The summed E-state index contributed by atoms with van der Waals surface area (Å²) in [5.74, 6) is -0.852. The highest BCUT2D eigenvalue weighted by atomic mass is 32.2. The number of benzene rings is 1. The summed E-state index contributed by atoms with van der Waals surface area (Å²) in [6, 6.07) is 5.89. The molecule has 0 bridgehead atoms. The molecule has 2 aromatic rings. The zero-order valence-electron chi connectivity index (χ0n) is 16.7. The van der Waals surface area contributed by atoms with Crippen molar-refractivity contribution in [3.8, 4) is 0 Å². The van der Waals surface area contributed by atoms with Gasteiger partial charge in [0, 0.05) is 18.8 Å². The molecule has 12 nitrogen and oxygen atoms in total. The van der Waals surface area contributed by atoms with Gasteiger partial charge in [0.2, 0.25) is 21.9 Å². The number of carbonyl (C=O) groups excluding carboxylic acids is 2. The SMILES string of the molecule is COC(=O)CSc1nnc(N)n1CC(=O)Nc1ccc(S(=O)(=O)N2CCOCC2)cc1. The quantitative estimate of drug-likeness (QED) is 0.390. The molecule has 1 aromatic carbocycles. The molecule has 0 unspecified atom stereocenters. The third-order valence-corrected chi connectivity index (χ3v) is 7.19. The molecule has 1 aliphatic heterocycles. The number of amides is 1. The van der Waals surface area contributed by atoms with Crippen molar-refractivity contribution in [1.82, 2.24) is 19.1 Å². The van der Waals surface area contributed by atoms with E-state index in [2.05, 4.69) is 20.3 Å². The summed E-state index contributed by atoms with van der Waals surface area (Å²) in [7, 11) is -2.34. The van der Waals surface area contributed by atoms with Crippen molar-refractivity contribution in [2.45, 2.75) is 16.6 Å². The number of hydrogen-bond acceptors (Lipinski definition) is 10. The molecule has 1 fully saturated rings. The number of nitrogens with one attached hydrogen (secondary N) is 1. The topological polar surface area (TPSA) is 159 Å². The Morgan fingerprint density at radius 3 is 2.55 bits per heavy atom. The molecular weight excluding hydrogens is 448 g/mol. The fraction of sp³-hybridized carbons (Fsp3) is 0.412. The first-order valence-corrected chi connectivity index (χ1v) is 11.6. The summed E-state index contributed by atoms with van der Waals surface area (Å²) >= 11 is 1.04. The van der Waals surface area contributed by atoms with Crippen LogP contribution in [-0.2, 0) is 35.6 Å². The van der Waals surface area contributed by atoms with Gasteiger partial charge in [0.15, 0.2) is 5.16 Å². The zero-order valence-corrected chi connectivity index (χ0v) is 18.3. The van der Waals surface area contributed by atoms with Gasteiger partial charge in [0.1, 0.15) is 6.54 Å². The average molecular weight is 471 g/mol. The van der Waals surface area contributed by atoms with E-state index in [0.29, 0.717) is 37.1 Å². The molecule has 2 heterocycles. The highest BCUT2D eigenvalue weighted by molar-refractivity contribution is 7.99. The van der Waals surface area contributed by atoms with Crippen molar-refractivity contribution in [2.24, 2.45) is 0 Å². The van der Waals surface area contributed by atoms with Crippen LogP contribution in [0.2, 0.25) is 0 Å². The van der Waals surface area contributed by atoms with E-state index in [-0.39, 0.29) is 23.1 Å². The predicted molar refractivity (Wildman–Crippen MR) is 112 cm³/mol. The van der Waals surface area contributed by atoms with Crippen LogP contribution in [-0.4, -0.2) is 78.5 Å². The van der Waals surface area contributed by atoms with Gasteiger partial charge in [-0.1, -0.05) is 11.8 Å². The molecule has 14 heteroatoms. The van der Waals surface area contributed by atoms with Crippen LogP contribution < -0.4 is 11.1 Å². The summed E-state index contributed by atoms with van der Waals surface area (Å²) in [5.41, 5.74) is 6.18. The number of anilines is 2. The van der Waals surface area contributed by atoms with E-state index in [1.807, 2.05) is 0 Å². The molecule has 0 radical (unpaired) electrons. The summed E-state index contributed by atoms with van der Waals surface area (Å²) in [5, 5.41) is 10.5. The van der Waals surface area contributed by atoms with Gasteiger partial charge in [-0.15, -0.1) is 10.2 Å². The Bertz CT molecular complexity index is 1030. The Labute approximate surface area is 183 Å². The van der Waals surface area contributed by atoms with Gasteiger partial charge in [-0.25, -0.2) is 8.42 Å². The highest BCUT2D eigenvalue weighted by Crippen LogP contribution is 2.21. The van der Waals surface area contributed by atoms with Gasteiger partial charge in [0.25, 0.3) is 0 Å². The fourth-order valence-corrected chi connectivity index (χ4v) is 4.91. The number of sulfonamides is 1. The van der Waals surface area contributed by atoms with Crippen molar-refractivity contribution in [1.29, 1.82) is 0 Å². The van der Waals surface area contributed by atoms with E-state index >= 15 is 0 Å². The van der Waals surface area contributed by atoms with Gasteiger partial charge >= 0.3 is 5.97 Å². The Morgan fingerprint density at radius 1 is 1.23 bits per heavy atom. The predicted octanol–water partition coefficient (Wildman–Crippen LogP) is -0.215. The van der Waals surface area contributed by atoms with Gasteiger partial charge in [-0.05, 0) is 24.3 Å². The molecule has 168 valence electrons. The van der Waals surface area contributed by atoms with E-state index in [0.717, 1.165) is 11.8 Å². The largest absolute Gasteiger partial charge is 0.468 e. The third-order valence-electron chi connectivity index (χ3n) is 4.34. The molecule has 1 aliphatic rings. The molecule has 0 saturated carbocycles. The molecule has 1 amide bonds. The van der Waals surface area contributed by atoms with Gasteiger partial charge in [0.05, 0.1) is 31.0 Å². The van der Waals surface area contributed by atoms with Crippen LogP contribution in [0.25, 0.3) is 0 Å². The van der Waals surface area contributed by atoms with Crippen LogP contribution in [0.1, 0.15) is 0 Å². The lowest BCUT2D eigenvalue weighted by molar-refractivity contribution is -0.137. The lowest BCUT2D eigenvalue weighted by Gasteiger charge is -2.26. The Balaban J connectivity index is 1.63. The van der Waals surface area contributed by atoms with E-state index < -0.39 is 21.9 Å². The van der Waals surface area contributed by atoms with Gasteiger partial charge < -0.3 is 20.5 Å². The number of nitrogens with zero attached hydrogens (tertiary/aromatic N) is 4. The van der Waals surface area contributed by atoms with Crippen LogP contribution >= 0.6 is 11.8 Å². The van der Waals surface area contributed by atoms with E-state index in [1.165, 1.54) is 40.2 Å². The summed E-state index contributed by atoms with van der Waals surface area (Å²) in [6.07, 6.45) is 0. The van der Waals surface area contributed by atoms with Crippen molar-refractivity contribution in [2.75, 3.05) is 50.2 Å². The molecule has 0 atom stereocenters. The van der Waals surface area contributed by atoms with Crippen molar-refractivity contribution in [3.05, 3.63) is 24.3 Å². The van der Waals surface area contributed by atoms with Gasteiger partial charge in [-0.3, -0.25) is 14.2 Å². The first-order valence-electron chi connectivity index (χ1n) is 9.17. The van der Waals surface area contributed by atoms with E-state index in [1.54, 1.807) is 0 Å².